The van der Waals surface area contributed by atoms with E-state index in [9.17, 15) is 0 Å². The molecular weight excluding hydrogens is 149 g/mol. The smallest absolute Gasteiger partial charge is 0.177 e. The minimum Gasteiger partial charge on any atom is -0.348 e. The minimum atomic E-state index is -1.50. The maximum Gasteiger partial charge on any atom is 0.177 e. The lowest BCUT2D eigenvalue weighted by Gasteiger charge is -1.90. The second kappa shape index (κ2) is 16.1. The molecular formula is C6H18NO2P. The van der Waals surface area contributed by atoms with Crippen molar-refractivity contribution in [3.8, 4) is 0 Å². The molecule has 64 valence electrons. The Kier molecular flexibility index (Phi) is 20.6. The van der Waals surface area contributed by atoms with E-state index in [2.05, 4.69) is 6.92 Å². The third-order valence-corrected chi connectivity index (χ3v) is 1.06. The van der Waals surface area contributed by atoms with Crippen LogP contribution in [0.4, 0.5) is 0 Å². The molecule has 0 amide bonds. The van der Waals surface area contributed by atoms with E-state index in [0.29, 0.717) is 0 Å². The van der Waals surface area contributed by atoms with Crippen molar-refractivity contribution >= 4 is 8.69 Å². The van der Waals surface area contributed by atoms with Crippen LogP contribution in [0.15, 0.2) is 0 Å². The highest BCUT2D eigenvalue weighted by Gasteiger charge is 1.80. The van der Waals surface area contributed by atoms with Crippen molar-refractivity contribution in [2.45, 2.75) is 32.6 Å². The number of hydrogen-bond donors (Lipinski definition) is 2. The van der Waals surface area contributed by atoms with E-state index >= 15 is 0 Å². The van der Waals surface area contributed by atoms with Crippen LogP contribution in [0.25, 0.3) is 0 Å². The summed E-state index contributed by atoms with van der Waals surface area (Å²) >= 11 is 0. The number of unbranched alkanes of at least 4 members (excludes halogenated alkanes) is 3. The standard InChI is InChI=1S/C6H15N.H3O2P/c1-2-3-4-5-6-7;1-3-2/h2-7H2,1H3;3H2,(H,1,2). The second-order valence-electron chi connectivity index (χ2n) is 1.95. The van der Waals surface area contributed by atoms with Crippen LogP contribution < -0.4 is 5.73 Å². The number of rotatable bonds is 4. The molecule has 1 atom stereocenters. The van der Waals surface area contributed by atoms with E-state index in [1.165, 1.54) is 25.7 Å². The number of hydrogen-bond acceptors (Lipinski definition) is 2. The lowest BCUT2D eigenvalue weighted by Crippen LogP contribution is -1.97. The van der Waals surface area contributed by atoms with Gasteiger partial charge >= 0.3 is 0 Å². The predicted molar refractivity (Wildman–Crippen MR) is 45.8 cm³/mol. The molecule has 0 aromatic rings. The molecule has 0 fully saturated rings. The molecule has 1 unspecified atom stereocenters. The van der Waals surface area contributed by atoms with Gasteiger partial charge in [-0.2, -0.15) is 0 Å². The van der Waals surface area contributed by atoms with Gasteiger partial charge < -0.3 is 10.6 Å². The quantitative estimate of drug-likeness (QED) is 0.488. The van der Waals surface area contributed by atoms with Crippen molar-refractivity contribution in [2.75, 3.05) is 6.54 Å². The van der Waals surface area contributed by atoms with Gasteiger partial charge in [0.25, 0.3) is 0 Å². The average Bonchev–Trinajstić information content (AvgIpc) is 1.91. The fourth-order valence-electron chi connectivity index (χ4n) is 0.571. The number of nitrogens with two attached hydrogens (primary N) is 1. The predicted octanol–water partition coefficient (Wildman–Crippen LogP) is 1.18. The van der Waals surface area contributed by atoms with Crippen LogP contribution in [0.5, 0.6) is 0 Å². The van der Waals surface area contributed by atoms with Crippen molar-refractivity contribution in [3.05, 3.63) is 0 Å². The highest BCUT2D eigenvalue weighted by atomic mass is 31.1. The van der Waals surface area contributed by atoms with Crippen LogP contribution in [0, 0.1) is 0 Å². The lowest BCUT2D eigenvalue weighted by atomic mass is 10.2. The van der Waals surface area contributed by atoms with Gasteiger partial charge in [0.1, 0.15) is 0 Å². The van der Waals surface area contributed by atoms with Crippen LogP contribution in [-0.2, 0) is 4.57 Å². The monoisotopic (exact) mass is 167 g/mol. The second-order valence-corrected chi connectivity index (χ2v) is 2.17. The zero-order valence-corrected chi connectivity index (χ0v) is 7.70. The summed E-state index contributed by atoms with van der Waals surface area (Å²) in [5, 5.41) is 0. The molecule has 0 saturated carbocycles. The van der Waals surface area contributed by atoms with E-state index in [1.54, 1.807) is 0 Å². The first-order chi connectivity index (χ1) is 4.83. The molecule has 0 aliphatic heterocycles. The van der Waals surface area contributed by atoms with Gasteiger partial charge in [0.05, 0.1) is 0 Å². The van der Waals surface area contributed by atoms with Crippen LogP contribution in [0.3, 0.4) is 0 Å². The molecule has 0 radical (unpaired) electrons. The van der Waals surface area contributed by atoms with Gasteiger partial charge in [-0.1, -0.05) is 26.2 Å². The maximum atomic E-state index is 8.57. The van der Waals surface area contributed by atoms with E-state index in [-0.39, 0.29) is 0 Å². The summed E-state index contributed by atoms with van der Waals surface area (Å²) in [6.07, 6.45) is 5.16. The van der Waals surface area contributed by atoms with Crippen molar-refractivity contribution in [3.63, 3.8) is 0 Å². The van der Waals surface area contributed by atoms with Crippen LogP contribution in [-0.4, -0.2) is 11.4 Å². The van der Waals surface area contributed by atoms with E-state index in [0.717, 1.165) is 6.54 Å². The Balaban J connectivity index is 0. The van der Waals surface area contributed by atoms with Crippen molar-refractivity contribution in [2.24, 2.45) is 5.73 Å². The fourth-order valence-corrected chi connectivity index (χ4v) is 0.571. The lowest BCUT2D eigenvalue weighted by molar-refractivity contribution is 0.524. The highest BCUT2D eigenvalue weighted by molar-refractivity contribution is 7.16. The van der Waals surface area contributed by atoms with Gasteiger partial charge in [-0.3, -0.25) is 4.57 Å². The summed E-state index contributed by atoms with van der Waals surface area (Å²) < 4.78 is 8.57. The normalized spacial score (nSPS) is 9.50. The summed E-state index contributed by atoms with van der Waals surface area (Å²) in [6.45, 7) is 3.07. The molecule has 0 spiro atoms. The van der Waals surface area contributed by atoms with Gasteiger partial charge in [-0.05, 0) is 13.0 Å². The maximum absolute atomic E-state index is 8.57. The van der Waals surface area contributed by atoms with Crippen molar-refractivity contribution in [1.82, 2.24) is 0 Å². The third-order valence-electron chi connectivity index (χ3n) is 1.06. The van der Waals surface area contributed by atoms with Crippen LogP contribution >= 0.6 is 8.69 Å². The largest absolute Gasteiger partial charge is 0.348 e. The first-order valence-electron chi connectivity index (χ1n) is 3.61. The Morgan fingerprint density at radius 3 is 2.20 bits per heavy atom. The Bertz CT molecular complexity index is 57.7. The van der Waals surface area contributed by atoms with Crippen LogP contribution in [0.1, 0.15) is 32.6 Å². The molecule has 0 aliphatic rings. The van der Waals surface area contributed by atoms with E-state index < -0.39 is 8.69 Å². The third kappa shape index (κ3) is 24.2. The highest BCUT2D eigenvalue weighted by Crippen LogP contribution is 1.95. The summed E-state index contributed by atoms with van der Waals surface area (Å²) in [5.41, 5.74) is 5.27. The Labute approximate surface area is 63.9 Å². The molecule has 0 bridgehead atoms. The zero-order valence-electron chi connectivity index (χ0n) is 6.55. The van der Waals surface area contributed by atoms with Gasteiger partial charge in [0, 0.05) is 0 Å². The summed E-state index contributed by atoms with van der Waals surface area (Å²) in [7, 11) is -1.50. The molecule has 3 N–H and O–H groups in total. The van der Waals surface area contributed by atoms with Crippen LogP contribution in [0.2, 0.25) is 0 Å². The molecule has 0 heterocycles. The first-order valence-corrected chi connectivity index (χ1v) is 4.60. The molecule has 0 aromatic carbocycles. The Morgan fingerprint density at radius 2 is 1.90 bits per heavy atom. The summed E-state index contributed by atoms with van der Waals surface area (Å²) in [6, 6.07) is 0. The van der Waals surface area contributed by atoms with Gasteiger partial charge in [0.2, 0.25) is 0 Å². The van der Waals surface area contributed by atoms with Gasteiger partial charge in [-0.25, -0.2) is 0 Å². The summed E-state index contributed by atoms with van der Waals surface area (Å²) in [4.78, 5) is 7.10. The molecule has 0 saturated heterocycles. The molecule has 3 nitrogen and oxygen atoms in total. The molecule has 4 heteroatoms. The minimum absolute atomic E-state index is 0.861. The Hall–Kier alpha value is 0.150. The SMILES string of the molecule is CCCCCCN.O=[PH2]O. The van der Waals surface area contributed by atoms with Gasteiger partial charge in [-0.15, -0.1) is 0 Å². The van der Waals surface area contributed by atoms with Gasteiger partial charge in [0.15, 0.2) is 8.69 Å². The molecule has 0 aromatic heterocycles. The van der Waals surface area contributed by atoms with E-state index in [4.69, 9.17) is 15.2 Å². The van der Waals surface area contributed by atoms with Crippen molar-refractivity contribution in [1.29, 1.82) is 0 Å². The first kappa shape index (κ1) is 12.8. The molecule has 10 heavy (non-hydrogen) atoms. The van der Waals surface area contributed by atoms with E-state index in [1.807, 2.05) is 0 Å². The average molecular weight is 167 g/mol. The molecule has 0 aliphatic carbocycles. The zero-order chi connectivity index (χ0) is 8.24. The fraction of sp³-hybridized carbons (Fsp3) is 1.00. The topological polar surface area (TPSA) is 63.3 Å². The molecule has 0 rings (SSSR count). The summed E-state index contributed by atoms with van der Waals surface area (Å²) in [5.74, 6) is 0. The van der Waals surface area contributed by atoms with Crippen molar-refractivity contribution < 1.29 is 9.46 Å². The Morgan fingerprint density at radius 1 is 1.40 bits per heavy atom.